The van der Waals surface area contributed by atoms with Gasteiger partial charge in [-0.3, -0.25) is 9.69 Å². The van der Waals surface area contributed by atoms with Crippen LogP contribution < -0.4 is 0 Å². The first kappa shape index (κ1) is 19.7. The highest BCUT2D eigenvalue weighted by atomic mass is 28.4. The average molecular weight is 330 g/mol. The molecule has 22 heavy (non-hydrogen) atoms. The van der Waals surface area contributed by atoms with Gasteiger partial charge in [-0.1, -0.05) is 40.5 Å². The van der Waals surface area contributed by atoms with E-state index in [-0.39, 0.29) is 11.1 Å². The molecule has 0 amide bonds. The van der Waals surface area contributed by atoms with Crippen molar-refractivity contribution in [3.05, 3.63) is 0 Å². The molecule has 2 unspecified atom stereocenters. The van der Waals surface area contributed by atoms with E-state index >= 15 is 0 Å². The zero-order chi connectivity index (χ0) is 17.0. The van der Waals surface area contributed by atoms with Crippen molar-refractivity contribution in [3.8, 4) is 0 Å². The number of nitrogens with zero attached hydrogens (tertiary/aromatic N) is 1. The maximum absolute atomic E-state index is 11.5. The van der Waals surface area contributed by atoms with Crippen LogP contribution in [0.5, 0.6) is 0 Å². The van der Waals surface area contributed by atoms with E-state index in [1.165, 1.54) is 12.8 Å². The molecule has 1 rings (SSSR count). The lowest BCUT2D eigenvalue weighted by Gasteiger charge is -2.37. The number of carboxylic acid groups (broad SMARTS) is 1. The molecule has 0 aromatic heterocycles. The zero-order valence-corrected chi connectivity index (χ0v) is 16.3. The highest BCUT2D eigenvalue weighted by Gasteiger charge is 2.40. The number of carboxylic acids is 1. The number of hydrogen-bond acceptors (Lipinski definition) is 3. The van der Waals surface area contributed by atoms with Gasteiger partial charge in [0.05, 0.1) is 0 Å². The Kier molecular flexibility index (Phi) is 7.08. The molecule has 1 saturated heterocycles. The molecule has 0 aromatic rings. The van der Waals surface area contributed by atoms with Gasteiger partial charge >= 0.3 is 5.97 Å². The van der Waals surface area contributed by atoms with Gasteiger partial charge in [-0.15, -0.1) is 0 Å². The van der Waals surface area contributed by atoms with E-state index in [4.69, 9.17) is 4.43 Å². The van der Waals surface area contributed by atoms with Crippen molar-refractivity contribution >= 4 is 14.3 Å². The molecule has 1 aliphatic heterocycles. The third-order valence-electron chi connectivity index (χ3n) is 5.31. The predicted octanol–water partition coefficient (Wildman–Crippen LogP) is 3.97. The van der Waals surface area contributed by atoms with Gasteiger partial charge in [-0.25, -0.2) is 0 Å². The minimum absolute atomic E-state index is 0.207. The number of hydrogen-bond donors (Lipinski definition) is 1. The van der Waals surface area contributed by atoms with E-state index in [0.717, 1.165) is 25.9 Å². The Labute approximate surface area is 137 Å². The normalized spacial score (nSPS) is 23.9. The summed E-state index contributed by atoms with van der Waals surface area (Å²) < 4.78 is 6.30. The first-order chi connectivity index (χ1) is 10.1. The van der Waals surface area contributed by atoms with Gasteiger partial charge in [0.25, 0.3) is 0 Å². The van der Waals surface area contributed by atoms with Crippen LogP contribution in [0.3, 0.4) is 0 Å². The fourth-order valence-corrected chi connectivity index (χ4v) is 3.82. The van der Waals surface area contributed by atoms with Gasteiger partial charge in [0.1, 0.15) is 6.04 Å². The Morgan fingerprint density at radius 2 is 1.95 bits per heavy atom. The number of likely N-dealkylation sites (tertiary alicyclic amines) is 1. The van der Waals surface area contributed by atoms with Crippen LogP contribution in [0.25, 0.3) is 0 Å². The Balaban J connectivity index is 2.54. The molecular weight excluding hydrogens is 294 g/mol. The molecule has 4 nitrogen and oxygen atoms in total. The summed E-state index contributed by atoms with van der Waals surface area (Å²) in [5.74, 6) is -0.317. The third-order valence-corrected chi connectivity index (χ3v) is 9.81. The smallest absolute Gasteiger partial charge is 0.320 e. The van der Waals surface area contributed by atoms with Gasteiger partial charge in [-0.2, -0.15) is 0 Å². The summed E-state index contributed by atoms with van der Waals surface area (Å²) in [5, 5.41) is 9.65. The van der Waals surface area contributed by atoms with Crippen LogP contribution in [-0.2, 0) is 9.22 Å². The van der Waals surface area contributed by atoms with Crippen molar-refractivity contribution in [2.24, 2.45) is 5.92 Å². The van der Waals surface area contributed by atoms with Crippen molar-refractivity contribution < 1.29 is 14.3 Å². The summed E-state index contributed by atoms with van der Waals surface area (Å²) in [6.45, 7) is 15.9. The summed E-state index contributed by atoms with van der Waals surface area (Å²) in [6.07, 6.45) is 4.17. The maximum Gasteiger partial charge on any atom is 0.320 e. The third kappa shape index (κ3) is 5.35. The van der Waals surface area contributed by atoms with Crippen molar-refractivity contribution in [3.63, 3.8) is 0 Å². The number of carbonyl (C=O) groups is 1. The minimum atomic E-state index is -1.74. The first-order valence-corrected chi connectivity index (χ1v) is 11.6. The van der Waals surface area contributed by atoms with Gasteiger partial charge < -0.3 is 9.53 Å². The van der Waals surface area contributed by atoms with Gasteiger partial charge in [0.15, 0.2) is 8.32 Å². The predicted molar refractivity (Wildman–Crippen MR) is 93.8 cm³/mol. The van der Waals surface area contributed by atoms with E-state index in [1.807, 2.05) is 0 Å². The molecule has 0 aliphatic carbocycles. The Morgan fingerprint density at radius 1 is 1.32 bits per heavy atom. The van der Waals surface area contributed by atoms with Crippen LogP contribution in [0.4, 0.5) is 0 Å². The van der Waals surface area contributed by atoms with E-state index in [9.17, 15) is 9.90 Å². The highest BCUT2D eigenvalue weighted by molar-refractivity contribution is 6.74. The lowest BCUT2D eigenvalue weighted by molar-refractivity contribution is -0.142. The molecule has 0 saturated carbocycles. The second-order valence-electron chi connectivity index (χ2n) is 8.23. The summed E-state index contributed by atoms with van der Waals surface area (Å²) in [5.41, 5.74) is 0. The standard InChI is InChI=1S/C17H35NO3Si/c1-7-8-9-10-18-12-14(11-15(18)16(19)20)13-21-22(5,6)17(2,3)4/h14-15H,7-13H2,1-6H3,(H,19,20). The number of unbranched alkanes of at least 4 members (excludes halogenated alkanes) is 2. The van der Waals surface area contributed by atoms with Crippen LogP contribution in [0.2, 0.25) is 18.1 Å². The largest absolute Gasteiger partial charge is 0.480 e. The zero-order valence-electron chi connectivity index (χ0n) is 15.3. The quantitative estimate of drug-likeness (QED) is 0.541. The van der Waals surface area contributed by atoms with Crippen molar-refractivity contribution in [1.82, 2.24) is 4.90 Å². The number of aliphatic carboxylic acids is 1. The Bertz CT molecular complexity index is 365. The maximum atomic E-state index is 11.5. The van der Waals surface area contributed by atoms with Crippen molar-refractivity contribution in [1.29, 1.82) is 0 Å². The Morgan fingerprint density at radius 3 is 2.45 bits per heavy atom. The van der Waals surface area contributed by atoms with Gasteiger partial charge in [0, 0.05) is 13.2 Å². The molecule has 0 radical (unpaired) electrons. The minimum Gasteiger partial charge on any atom is -0.480 e. The molecule has 1 N–H and O–H groups in total. The lowest BCUT2D eigenvalue weighted by Crippen LogP contribution is -2.42. The summed E-state index contributed by atoms with van der Waals surface area (Å²) in [7, 11) is -1.74. The molecular formula is C17H35NO3Si. The molecule has 1 heterocycles. The van der Waals surface area contributed by atoms with Crippen LogP contribution in [0, 0.1) is 5.92 Å². The van der Waals surface area contributed by atoms with Crippen molar-refractivity contribution in [2.75, 3.05) is 19.7 Å². The summed E-state index contributed by atoms with van der Waals surface area (Å²) in [6, 6.07) is -0.315. The SMILES string of the molecule is CCCCCN1CC(CO[Si](C)(C)C(C)(C)C)CC1C(=O)O. The monoisotopic (exact) mass is 329 g/mol. The fourth-order valence-electron chi connectivity index (χ4n) is 2.73. The van der Waals surface area contributed by atoms with Crippen LogP contribution >= 0.6 is 0 Å². The van der Waals surface area contributed by atoms with Gasteiger partial charge in [0.2, 0.25) is 0 Å². The van der Waals surface area contributed by atoms with Gasteiger partial charge in [-0.05, 0) is 43.4 Å². The topological polar surface area (TPSA) is 49.8 Å². The van der Waals surface area contributed by atoms with Crippen LogP contribution in [0.1, 0.15) is 53.4 Å². The lowest BCUT2D eigenvalue weighted by atomic mass is 10.1. The molecule has 0 aromatic carbocycles. The molecule has 130 valence electrons. The van der Waals surface area contributed by atoms with E-state index in [0.29, 0.717) is 12.5 Å². The van der Waals surface area contributed by atoms with Crippen LogP contribution in [0.15, 0.2) is 0 Å². The summed E-state index contributed by atoms with van der Waals surface area (Å²) >= 11 is 0. The average Bonchev–Trinajstić information content (AvgIpc) is 2.79. The van der Waals surface area contributed by atoms with E-state index in [2.05, 4.69) is 45.7 Å². The van der Waals surface area contributed by atoms with E-state index in [1.54, 1.807) is 0 Å². The molecule has 2 atom stereocenters. The second kappa shape index (κ2) is 7.93. The number of rotatable bonds is 8. The second-order valence-corrected chi connectivity index (χ2v) is 13.0. The Hall–Kier alpha value is -0.393. The fraction of sp³-hybridized carbons (Fsp3) is 0.941. The molecule has 1 fully saturated rings. The molecule has 0 spiro atoms. The van der Waals surface area contributed by atoms with E-state index < -0.39 is 14.3 Å². The van der Waals surface area contributed by atoms with Crippen molar-refractivity contribution in [2.45, 2.75) is 77.6 Å². The molecule has 0 bridgehead atoms. The molecule has 5 heteroatoms. The molecule has 1 aliphatic rings. The highest BCUT2D eigenvalue weighted by Crippen LogP contribution is 2.37. The summed E-state index contributed by atoms with van der Waals surface area (Å²) in [4.78, 5) is 13.6. The first-order valence-electron chi connectivity index (χ1n) is 8.69. The van der Waals surface area contributed by atoms with Crippen LogP contribution in [-0.4, -0.2) is 50.0 Å².